The topological polar surface area (TPSA) is 0 Å². The lowest BCUT2D eigenvalue weighted by molar-refractivity contribution is 1.70. The van der Waals surface area contributed by atoms with Gasteiger partial charge in [-0.05, 0) is 11.4 Å². The van der Waals surface area contributed by atoms with Crippen LogP contribution in [0.5, 0.6) is 0 Å². The highest BCUT2D eigenvalue weighted by Gasteiger charge is 1.85. The van der Waals surface area contributed by atoms with Crippen LogP contribution in [-0.2, 0) is 0 Å². The van der Waals surface area contributed by atoms with E-state index in [2.05, 4.69) is 18.0 Å². The molecule has 1 aromatic heterocycles. The number of hydrogen-bond donors (Lipinski definition) is 0. The lowest BCUT2D eigenvalue weighted by Gasteiger charge is -1.80. The van der Waals surface area contributed by atoms with Gasteiger partial charge in [0.15, 0.2) is 0 Å². The minimum atomic E-state index is 1.26. The molecule has 1 heterocycles. The maximum atomic E-state index is 3.59. The predicted octanol–water partition coefficient (Wildman–Crippen LogP) is 2.49. The van der Waals surface area contributed by atoms with E-state index >= 15 is 0 Å². The van der Waals surface area contributed by atoms with Crippen molar-refractivity contribution in [3.8, 4) is 0 Å². The number of thiophene rings is 1. The lowest BCUT2D eigenvalue weighted by Crippen LogP contribution is -1.62. The third-order valence-corrected chi connectivity index (χ3v) is 1.66. The second kappa shape index (κ2) is 2.68. The number of allylic oxidation sites excluding steroid dienone is 1. The molecule has 41 valence electrons. The second-order valence-electron chi connectivity index (χ2n) is 1.42. The van der Waals surface area contributed by atoms with Gasteiger partial charge in [-0.2, -0.15) is 0 Å². The fourth-order valence-electron chi connectivity index (χ4n) is 0.502. The van der Waals surface area contributed by atoms with E-state index in [0.717, 1.165) is 0 Å². The minimum Gasteiger partial charge on any atom is -0.148 e. The zero-order valence-electron chi connectivity index (χ0n) is 4.50. The average molecular weight is 123 g/mol. The van der Waals surface area contributed by atoms with Crippen molar-refractivity contribution < 1.29 is 0 Å². The van der Waals surface area contributed by atoms with Gasteiger partial charge < -0.3 is 0 Å². The van der Waals surface area contributed by atoms with Crippen molar-refractivity contribution >= 4 is 11.3 Å². The van der Waals surface area contributed by atoms with Crippen LogP contribution in [0.25, 0.3) is 0 Å². The predicted molar refractivity (Wildman–Crippen MR) is 37.9 cm³/mol. The van der Waals surface area contributed by atoms with Crippen molar-refractivity contribution in [2.24, 2.45) is 0 Å². The van der Waals surface area contributed by atoms with Crippen LogP contribution in [0.4, 0.5) is 0 Å². The molecule has 0 bridgehead atoms. The fourth-order valence-corrected chi connectivity index (χ4v) is 1.15. The fraction of sp³-hybridized carbons (Fsp3) is 0. The molecule has 0 saturated carbocycles. The van der Waals surface area contributed by atoms with Gasteiger partial charge in [-0.15, -0.1) is 17.9 Å². The SMILES string of the molecule is C=C[CH]c1cccs1. The van der Waals surface area contributed by atoms with Crippen LogP contribution in [-0.4, -0.2) is 0 Å². The zero-order chi connectivity index (χ0) is 5.82. The van der Waals surface area contributed by atoms with Crippen LogP contribution in [0.15, 0.2) is 30.2 Å². The van der Waals surface area contributed by atoms with Gasteiger partial charge in [-0.3, -0.25) is 0 Å². The summed E-state index contributed by atoms with van der Waals surface area (Å²) in [7, 11) is 0. The van der Waals surface area contributed by atoms with Crippen molar-refractivity contribution in [1.29, 1.82) is 0 Å². The van der Waals surface area contributed by atoms with Gasteiger partial charge in [-0.1, -0.05) is 12.1 Å². The van der Waals surface area contributed by atoms with E-state index in [9.17, 15) is 0 Å². The maximum Gasteiger partial charge on any atom is 0.0221 e. The van der Waals surface area contributed by atoms with E-state index in [-0.39, 0.29) is 0 Å². The molecule has 0 aliphatic carbocycles. The van der Waals surface area contributed by atoms with Crippen LogP contribution >= 0.6 is 11.3 Å². The first-order valence-electron chi connectivity index (χ1n) is 2.43. The summed E-state index contributed by atoms with van der Waals surface area (Å²) < 4.78 is 0. The summed E-state index contributed by atoms with van der Waals surface area (Å²) in [4.78, 5) is 1.26. The normalized spacial score (nSPS) is 9.00. The maximum absolute atomic E-state index is 3.59. The van der Waals surface area contributed by atoms with Crippen LogP contribution in [0.2, 0.25) is 0 Å². The summed E-state index contributed by atoms with van der Waals surface area (Å²) in [6.07, 6.45) is 3.79. The van der Waals surface area contributed by atoms with Crippen molar-refractivity contribution in [3.05, 3.63) is 41.5 Å². The molecule has 0 unspecified atom stereocenters. The Bertz CT molecular complexity index is 151. The summed E-state index contributed by atoms with van der Waals surface area (Å²) in [5, 5.41) is 2.05. The average Bonchev–Trinajstić information content (AvgIpc) is 2.19. The molecule has 0 nitrogen and oxygen atoms in total. The van der Waals surface area contributed by atoms with E-state index in [0.29, 0.717) is 0 Å². The smallest absolute Gasteiger partial charge is 0.0221 e. The van der Waals surface area contributed by atoms with Gasteiger partial charge >= 0.3 is 0 Å². The summed E-state index contributed by atoms with van der Waals surface area (Å²) in [5.41, 5.74) is 0. The Balaban J connectivity index is 2.62. The molecule has 0 atom stereocenters. The first-order chi connectivity index (χ1) is 3.93. The Kier molecular flexibility index (Phi) is 1.86. The van der Waals surface area contributed by atoms with Gasteiger partial charge in [0.2, 0.25) is 0 Å². The van der Waals surface area contributed by atoms with Crippen molar-refractivity contribution in [2.75, 3.05) is 0 Å². The molecular formula is C7H7S. The van der Waals surface area contributed by atoms with Crippen LogP contribution < -0.4 is 0 Å². The highest BCUT2D eigenvalue weighted by Crippen LogP contribution is 2.10. The molecule has 0 aliphatic heterocycles. The Hall–Kier alpha value is -0.560. The Morgan fingerprint density at radius 3 is 3.00 bits per heavy atom. The number of hydrogen-bond acceptors (Lipinski definition) is 1. The largest absolute Gasteiger partial charge is 0.148 e. The molecule has 0 amide bonds. The molecule has 0 spiro atoms. The Morgan fingerprint density at radius 1 is 1.62 bits per heavy atom. The van der Waals surface area contributed by atoms with Crippen LogP contribution in [0.1, 0.15) is 4.88 Å². The Morgan fingerprint density at radius 2 is 2.50 bits per heavy atom. The first kappa shape index (κ1) is 5.57. The van der Waals surface area contributed by atoms with Crippen molar-refractivity contribution in [3.63, 3.8) is 0 Å². The monoisotopic (exact) mass is 123 g/mol. The standard InChI is InChI=1S/C7H7S/c1-2-4-7-5-3-6-8-7/h2-6H,1H2. The first-order valence-corrected chi connectivity index (χ1v) is 3.31. The molecule has 0 saturated heterocycles. The summed E-state index contributed by atoms with van der Waals surface area (Å²) >= 11 is 1.72. The van der Waals surface area contributed by atoms with Crippen LogP contribution in [0, 0.1) is 6.42 Å². The van der Waals surface area contributed by atoms with Gasteiger partial charge in [0, 0.05) is 11.3 Å². The number of rotatable bonds is 2. The molecule has 0 aliphatic rings. The third kappa shape index (κ3) is 1.20. The van der Waals surface area contributed by atoms with Gasteiger partial charge in [0.05, 0.1) is 0 Å². The molecule has 1 heteroatoms. The van der Waals surface area contributed by atoms with E-state index in [4.69, 9.17) is 0 Å². The molecule has 1 radical (unpaired) electrons. The minimum absolute atomic E-state index is 1.26. The van der Waals surface area contributed by atoms with E-state index < -0.39 is 0 Å². The van der Waals surface area contributed by atoms with Gasteiger partial charge in [-0.25, -0.2) is 0 Å². The highest BCUT2D eigenvalue weighted by atomic mass is 32.1. The molecule has 0 aromatic carbocycles. The quantitative estimate of drug-likeness (QED) is 0.566. The Labute approximate surface area is 53.5 Å². The van der Waals surface area contributed by atoms with E-state index in [1.165, 1.54) is 4.88 Å². The second-order valence-corrected chi connectivity index (χ2v) is 2.40. The lowest BCUT2D eigenvalue weighted by atomic mass is 10.3. The molecule has 1 rings (SSSR count). The molecule has 0 N–H and O–H groups in total. The van der Waals surface area contributed by atoms with Crippen LogP contribution in [0.3, 0.4) is 0 Å². The zero-order valence-corrected chi connectivity index (χ0v) is 5.32. The van der Waals surface area contributed by atoms with Gasteiger partial charge in [0.1, 0.15) is 0 Å². The van der Waals surface area contributed by atoms with Gasteiger partial charge in [0.25, 0.3) is 0 Å². The van der Waals surface area contributed by atoms with E-state index in [1.54, 1.807) is 17.4 Å². The summed E-state index contributed by atoms with van der Waals surface area (Å²) in [6.45, 7) is 3.59. The molecule has 8 heavy (non-hydrogen) atoms. The third-order valence-electron chi connectivity index (χ3n) is 0.825. The molecular weight excluding hydrogens is 116 g/mol. The molecule has 1 aromatic rings. The summed E-state index contributed by atoms with van der Waals surface area (Å²) in [5.74, 6) is 0. The van der Waals surface area contributed by atoms with Crippen molar-refractivity contribution in [1.82, 2.24) is 0 Å². The summed E-state index contributed by atoms with van der Waals surface area (Å²) in [6, 6.07) is 4.09. The van der Waals surface area contributed by atoms with Crippen molar-refractivity contribution in [2.45, 2.75) is 0 Å². The van der Waals surface area contributed by atoms with E-state index in [1.807, 2.05) is 12.5 Å². The molecule has 0 fully saturated rings. The highest BCUT2D eigenvalue weighted by molar-refractivity contribution is 7.10.